The molecule has 0 spiro atoms. The average Bonchev–Trinajstić information content (AvgIpc) is 3.16. The van der Waals surface area contributed by atoms with Crippen LogP contribution >= 0.6 is 0 Å². The number of amides is 1. The van der Waals surface area contributed by atoms with Gasteiger partial charge < -0.3 is 9.64 Å². The molecule has 156 valence electrons. The maximum absolute atomic E-state index is 12.7. The molecule has 0 atom stereocenters. The van der Waals surface area contributed by atoms with Crippen LogP contribution in [0.4, 0.5) is 5.69 Å². The molecule has 0 bridgehead atoms. The van der Waals surface area contributed by atoms with Gasteiger partial charge in [-0.3, -0.25) is 4.79 Å². The van der Waals surface area contributed by atoms with E-state index in [1.165, 1.54) is 9.87 Å². The number of rotatable bonds is 8. The predicted octanol–water partition coefficient (Wildman–Crippen LogP) is 3.25. The Morgan fingerprint density at radius 1 is 1.07 bits per heavy atom. The molecular weight excluding hydrogens is 388 g/mol. The number of ether oxygens (including phenoxy) is 1. The maximum Gasteiger partial charge on any atom is 0.264 e. The summed E-state index contributed by atoms with van der Waals surface area (Å²) in [7, 11) is -3.51. The van der Waals surface area contributed by atoms with Crippen molar-refractivity contribution in [3.8, 4) is 5.75 Å². The fourth-order valence-corrected chi connectivity index (χ4v) is 5.06. The Labute approximate surface area is 173 Å². The van der Waals surface area contributed by atoms with Crippen LogP contribution in [-0.2, 0) is 27.7 Å². The molecule has 7 heteroatoms. The second-order valence-corrected chi connectivity index (χ2v) is 8.90. The number of benzene rings is 2. The molecule has 1 amide bonds. The first-order valence-electron chi connectivity index (χ1n) is 10.1. The number of fused-ring (bicyclic) bond motifs is 1. The second-order valence-electron chi connectivity index (χ2n) is 6.96. The van der Waals surface area contributed by atoms with Gasteiger partial charge in [0.15, 0.2) is 6.61 Å². The van der Waals surface area contributed by atoms with Gasteiger partial charge >= 0.3 is 0 Å². The van der Waals surface area contributed by atoms with E-state index in [0.29, 0.717) is 31.8 Å². The minimum absolute atomic E-state index is 0.0512. The number of hydrogen-bond donors (Lipinski definition) is 0. The molecule has 1 heterocycles. The van der Waals surface area contributed by atoms with Gasteiger partial charge in [0.25, 0.3) is 5.91 Å². The van der Waals surface area contributed by atoms with Crippen molar-refractivity contribution >= 4 is 21.6 Å². The molecule has 1 aliphatic heterocycles. The van der Waals surface area contributed by atoms with E-state index in [1.807, 2.05) is 38.1 Å². The molecule has 0 radical (unpaired) electrons. The standard InChI is InChI=1S/C22H28N2O4S/c1-4-17-7-9-19(10-8-17)28-16-22(25)24-14-13-18-15-20(11-12-21(18)24)29(26,27)23(5-2)6-3/h7-12,15H,4-6,13-14,16H2,1-3H3. The smallest absolute Gasteiger partial charge is 0.264 e. The summed E-state index contributed by atoms with van der Waals surface area (Å²) < 4.78 is 32.6. The summed E-state index contributed by atoms with van der Waals surface area (Å²) in [6.07, 6.45) is 1.59. The molecule has 2 aromatic rings. The number of anilines is 1. The number of carbonyl (C=O) groups is 1. The zero-order valence-corrected chi connectivity index (χ0v) is 18.0. The van der Waals surface area contributed by atoms with Crippen molar-refractivity contribution in [1.82, 2.24) is 4.31 Å². The van der Waals surface area contributed by atoms with Gasteiger partial charge in [0, 0.05) is 25.3 Å². The van der Waals surface area contributed by atoms with E-state index < -0.39 is 10.0 Å². The summed E-state index contributed by atoms with van der Waals surface area (Å²) in [4.78, 5) is 14.6. The van der Waals surface area contributed by atoms with Crippen LogP contribution in [0.2, 0.25) is 0 Å². The topological polar surface area (TPSA) is 66.9 Å². The summed E-state index contributed by atoms with van der Waals surface area (Å²) in [5, 5.41) is 0. The third-order valence-corrected chi connectivity index (χ3v) is 7.33. The highest BCUT2D eigenvalue weighted by Crippen LogP contribution is 2.31. The molecule has 3 rings (SSSR count). The predicted molar refractivity (Wildman–Crippen MR) is 114 cm³/mol. The molecule has 6 nitrogen and oxygen atoms in total. The molecule has 0 aromatic heterocycles. The van der Waals surface area contributed by atoms with Gasteiger partial charge in [-0.15, -0.1) is 0 Å². The Kier molecular flexibility index (Phi) is 6.59. The number of hydrogen-bond acceptors (Lipinski definition) is 4. The maximum atomic E-state index is 12.7. The summed E-state index contributed by atoms with van der Waals surface area (Å²) in [6.45, 7) is 7.07. The van der Waals surface area contributed by atoms with Crippen molar-refractivity contribution in [1.29, 1.82) is 0 Å². The number of nitrogens with zero attached hydrogens (tertiary/aromatic N) is 2. The van der Waals surface area contributed by atoms with Gasteiger partial charge in [0.1, 0.15) is 5.75 Å². The van der Waals surface area contributed by atoms with Crippen molar-refractivity contribution < 1.29 is 17.9 Å². The fourth-order valence-electron chi connectivity index (χ4n) is 3.55. The zero-order chi connectivity index (χ0) is 21.0. The van der Waals surface area contributed by atoms with Crippen molar-refractivity contribution in [2.75, 3.05) is 31.1 Å². The van der Waals surface area contributed by atoms with E-state index in [0.717, 1.165) is 17.7 Å². The van der Waals surface area contributed by atoms with Gasteiger partial charge in [-0.1, -0.05) is 32.9 Å². The first-order chi connectivity index (χ1) is 13.9. The van der Waals surface area contributed by atoms with Crippen molar-refractivity contribution in [2.24, 2.45) is 0 Å². The van der Waals surface area contributed by atoms with Gasteiger partial charge in [0.2, 0.25) is 10.0 Å². The largest absolute Gasteiger partial charge is 0.484 e. The van der Waals surface area contributed by atoms with Crippen LogP contribution in [0.25, 0.3) is 0 Å². The lowest BCUT2D eigenvalue weighted by molar-refractivity contribution is -0.120. The van der Waals surface area contributed by atoms with E-state index >= 15 is 0 Å². The van der Waals surface area contributed by atoms with E-state index in [9.17, 15) is 13.2 Å². The molecule has 0 N–H and O–H groups in total. The average molecular weight is 417 g/mol. The minimum atomic E-state index is -3.51. The second kappa shape index (κ2) is 8.97. The zero-order valence-electron chi connectivity index (χ0n) is 17.2. The van der Waals surface area contributed by atoms with Crippen LogP contribution in [0.3, 0.4) is 0 Å². The third kappa shape index (κ3) is 4.46. The SMILES string of the molecule is CCc1ccc(OCC(=O)N2CCc3cc(S(=O)(=O)N(CC)CC)ccc32)cc1. The van der Waals surface area contributed by atoms with E-state index in [2.05, 4.69) is 6.92 Å². The minimum Gasteiger partial charge on any atom is -0.484 e. The number of aryl methyl sites for hydroxylation is 1. The Balaban J connectivity index is 1.71. The lowest BCUT2D eigenvalue weighted by Crippen LogP contribution is -2.33. The third-order valence-electron chi connectivity index (χ3n) is 5.28. The van der Waals surface area contributed by atoms with Crippen LogP contribution in [0, 0.1) is 0 Å². The highest BCUT2D eigenvalue weighted by molar-refractivity contribution is 7.89. The van der Waals surface area contributed by atoms with Gasteiger partial charge in [-0.2, -0.15) is 4.31 Å². The van der Waals surface area contributed by atoms with Crippen molar-refractivity contribution in [3.05, 3.63) is 53.6 Å². The molecule has 0 unspecified atom stereocenters. The molecule has 2 aromatic carbocycles. The Bertz CT molecular complexity index is 967. The summed E-state index contributed by atoms with van der Waals surface area (Å²) in [6, 6.07) is 12.7. The lowest BCUT2D eigenvalue weighted by atomic mass is 10.2. The van der Waals surface area contributed by atoms with Crippen molar-refractivity contribution in [3.63, 3.8) is 0 Å². The van der Waals surface area contributed by atoms with Crippen LogP contribution in [0.15, 0.2) is 47.4 Å². The Morgan fingerprint density at radius 3 is 2.38 bits per heavy atom. The first kappa shape index (κ1) is 21.3. The molecule has 0 aliphatic carbocycles. The monoisotopic (exact) mass is 416 g/mol. The van der Waals surface area contributed by atoms with Crippen LogP contribution in [0.1, 0.15) is 31.9 Å². The lowest BCUT2D eigenvalue weighted by Gasteiger charge is -2.20. The summed E-state index contributed by atoms with van der Waals surface area (Å²) >= 11 is 0. The van der Waals surface area contributed by atoms with Gasteiger partial charge in [0.05, 0.1) is 4.90 Å². The molecule has 1 aliphatic rings. The molecule has 0 saturated carbocycles. The van der Waals surface area contributed by atoms with Gasteiger partial charge in [-0.25, -0.2) is 8.42 Å². The Hall–Kier alpha value is -2.38. The summed E-state index contributed by atoms with van der Waals surface area (Å²) in [5.41, 5.74) is 2.85. The normalized spacial score (nSPS) is 13.6. The Morgan fingerprint density at radius 2 is 1.76 bits per heavy atom. The molecular formula is C22H28N2O4S. The van der Waals surface area contributed by atoms with Crippen LogP contribution in [-0.4, -0.2) is 44.9 Å². The van der Waals surface area contributed by atoms with E-state index in [1.54, 1.807) is 23.1 Å². The highest BCUT2D eigenvalue weighted by atomic mass is 32.2. The highest BCUT2D eigenvalue weighted by Gasteiger charge is 2.28. The number of sulfonamides is 1. The summed E-state index contributed by atoms with van der Waals surface area (Å²) in [5.74, 6) is 0.526. The van der Waals surface area contributed by atoms with Crippen LogP contribution in [0.5, 0.6) is 5.75 Å². The van der Waals surface area contributed by atoms with E-state index in [4.69, 9.17) is 4.74 Å². The fraction of sp³-hybridized carbons (Fsp3) is 0.409. The van der Waals surface area contributed by atoms with Gasteiger partial charge in [-0.05, 0) is 54.3 Å². The number of carbonyl (C=O) groups excluding carboxylic acids is 1. The van der Waals surface area contributed by atoms with Crippen LogP contribution < -0.4 is 9.64 Å². The first-order valence-corrected chi connectivity index (χ1v) is 11.5. The molecule has 0 saturated heterocycles. The molecule has 0 fully saturated rings. The quantitative estimate of drug-likeness (QED) is 0.663. The molecule has 29 heavy (non-hydrogen) atoms. The van der Waals surface area contributed by atoms with Crippen molar-refractivity contribution in [2.45, 2.75) is 38.5 Å². The van der Waals surface area contributed by atoms with E-state index in [-0.39, 0.29) is 17.4 Å².